The minimum Gasteiger partial charge on any atom is -0.323 e. The zero-order chi connectivity index (χ0) is 11.7. The van der Waals surface area contributed by atoms with Crippen LogP contribution in [0.25, 0.3) is 5.65 Å². The number of aromatic nitrogens is 4. The van der Waals surface area contributed by atoms with E-state index < -0.39 is 0 Å². The van der Waals surface area contributed by atoms with Gasteiger partial charge in [-0.3, -0.25) is 0 Å². The molecule has 0 amide bonds. The monoisotopic (exact) mass is 289 g/mol. The lowest BCUT2D eigenvalue weighted by Crippen LogP contribution is -1.94. The summed E-state index contributed by atoms with van der Waals surface area (Å²) in [6, 6.07) is 9.36. The van der Waals surface area contributed by atoms with E-state index >= 15 is 0 Å². The molecule has 6 heteroatoms. The first-order chi connectivity index (χ1) is 8.31. The van der Waals surface area contributed by atoms with E-state index in [0.29, 0.717) is 5.82 Å². The van der Waals surface area contributed by atoms with Gasteiger partial charge in [0.1, 0.15) is 10.4 Å². The number of pyridine rings is 1. The minimum absolute atomic E-state index is 0.717. The van der Waals surface area contributed by atoms with E-state index in [2.05, 4.69) is 36.3 Å². The Hall–Kier alpha value is -1.95. The lowest BCUT2D eigenvalue weighted by molar-refractivity contribution is 0.942. The van der Waals surface area contributed by atoms with Crippen molar-refractivity contribution in [2.75, 3.05) is 5.32 Å². The number of nitrogens with zero attached hydrogens (tertiary/aromatic N) is 4. The van der Waals surface area contributed by atoms with E-state index in [1.807, 2.05) is 36.5 Å². The topological polar surface area (TPSA) is 55.1 Å². The Kier molecular flexibility index (Phi) is 2.49. The maximum atomic E-state index is 4.33. The standard InChI is InChI=1S/C11H8BrN5/c12-8-3-1-4-9(14-8)15-10-7-11-13-5-2-6-17(11)16-10/h1-7H,(H,14,15,16). The summed E-state index contributed by atoms with van der Waals surface area (Å²) in [6.07, 6.45) is 3.58. The summed E-state index contributed by atoms with van der Waals surface area (Å²) in [5, 5.41) is 7.45. The molecule has 0 aromatic carbocycles. The maximum absolute atomic E-state index is 4.33. The lowest BCUT2D eigenvalue weighted by atomic mass is 10.4. The highest BCUT2D eigenvalue weighted by Crippen LogP contribution is 2.16. The number of hydrogen-bond acceptors (Lipinski definition) is 4. The van der Waals surface area contributed by atoms with Crippen molar-refractivity contribution < 1.29 is 0 Å². The minimum atomic E-state index is 0.717. The Morgan fingerprint density at radius 3 is 2.94 bits per heavy atom. The van der Waals surface area contributed by atoms with Gasteiger partial charge in [-0.05, 0) is 34.1 Å². The van der Waals surface area contributed by atoms with Crippen molar-refractivity contribution in [2.24, 2.45) is 0 Å². The summed E-state index contributed by atoms with van der Waals surface area (Å²) in [5.74, 6) is 1.46. The van der Waals surface area contributed by atoms with Crippen LogP contribution in [0.15, 0.2) is 47.3 Å². The van der Waals surface area contributed by atoms with Crippen LogP contribution in [0.2, 0.25) is 0 Å². The second-order valence-electron chi connectivity index (χ2n) is 3.42. The molecule has 1 N–H and O–H groups in total. The summed E-state index contributed by atoms with van der Waals surface area (Å²) < 4.78 is 2.49. The second kappa shape index (κ2) is 4.14. The van der Waals surface area contributed by atoms with Gasteiger partial charge in [0.2, 0.25) is 0 Å². The summed E-state index contributed by atoms with van der Waals surface area (Å²) in [7, 11) is 0. The first-order valence-corrected chi connectivity index (χ1v) is 5.80. The van der Waals surface area contributed by atoms with Gasteiger partial charge in [0, 0.05) is 18.5 Å². The number of fused-ring (bicyclic) bond motifs is 1. The van der Waals surface area contributed by atoms with Crippen molar-refractivity contribution in [3.8, 4) is 0 Å². The Labute approximate surface area is 106 Å². The zero-order valence-corrected chi connectivity index (χ0v) is 10.3. The van der Waals surface area contributed by atoms with Crippen LogP contribution in [0.1, 0.15) is 0 Å². The fourth-order valence-electron chi connectivity index (χ4n) is 1.50. The van der Waals surface area contributed by atoms with Crippen LogP contribution in [0.5, 0.6) is 0 Å². The molecule has 0 radical (unpaired) electrons. The van der Waals surface area contributed by atoms with Crippen molar-refractivity contribution in [3.63, 3.8) is 0 Å². The van der Waals surface area contributed by atoms with Crippen LogP contribution in [0.4, 0.5) is 11.6 Å². The first-order valence-electron chi connectivity index (χ1n) is 5.01. The van der Waals surface area contributed by atoms with Gasteiger partial charge in [0.05, 0.1) is 0 Å². The molecule has 0 fully saturated rings. The Morgan fingerprint density at radius 2 is 2.12 bits per heavy atom. The van der Waals surface area contributed by atoms with E-state index in [0.717, 1.165) is 16.1 Å². The van der Waals surface area contributed by atoms with Crippen LogP contribution < -0.4 is 5.32 Å². The molecule has 3 aromatic heterocycles. The van der Waals surface area contributed by atoms with Gasteiger partial charge >= 0.3 is 0 Å². The molecule has 3 aromatic rings. The van der Waals surface area contributed by atoms with Crippen LogP contribution in [0, 0.1) is 0 Å². The van der Waals surface area contributed by atoms with E-state index in [-0.39, 0.29) is 0 Å². The highest BCUT2D eigenvalue weighted by molar-refractivity contribution is 9.10. The van der Waals surface area contributed by atoms with Crippen molar-refractivity contribution >= 4 is 33.2 Å². The highest BCUT2D eigenvalue weighted by atomic mass is 79.9. The molecule has 0 atom stereocenters. The summed E-state index contributed by atoms with van der Waals surface area (Å²) in [6.45, 7) is 0. The Balaban J connectivity index is 1.94. The van der Waals surface area contributed by atoms with Crippen molar-refractivity contribution in [1.29, 1.82) is 0 Å². The molecule has 0 spiro atoms. The zero-order valence-electron chi connectivity index (χ0n) is 8.71. The molecular formula is C11H8BrN5. The molecule has 17 heavy (non-hydrogen) atoms. The molecule has 0 aliphatic carbocycles. The molecule has 0 saturated carbocycles. The largest absolute Gasteiger partial charge is 0.323 e. The Morgan fingerprint density at radius 1 is 1.18 bits per heavy atom. The number of hydrogen-bond donors (Lipinski definition) is 1. The summed E-state index contributed by atoms with van der Waals surface area (Å²) in [4.78, 5) is 8.47. The number of rotatable bonds is 2. The molecule has 0 unspecified atom stereocenters. The molecule has 84 valence electrons. The quantitative estimate of drug-likeness (QED) is 0.737. The lowest BCUT2D eigenvalue weighted by Gasteiger charge is -2.00. The van der Waals surface area contributed by atoms with E-state index in [9.17, 15) is 0 Å². The number of halogens is 1. The summed E-state index contributed by atoms with van der Waals surface area (Å²) in [5.41, 5.74) is 0.796. The van der Waals surface area contributed by atoms with Gasteiger partial charge < -0.3 is 5.32 Å². The molecule has 0 aliphatic heterocycles. The van der Waals surface area contributed by atoms with Crippen LogP contribution in [-0.4, -0.2) is 19.6 Å². The van der Waals surface area contributed by atoms with Crippen molar-refractivity contribution in [1.82, 2.24) is 19.6 Å². The smallest absolute Gasteiger partial charge is 0.157 e. The average Bonchev–Trinajstić information content (AvgIpc) is 2.71. The average molecular weight is 290 g/mol. The van der Waals surface area contributed by atoms with E-state index in [1.54, 1.807) is 10.7 Å². The fourth-order valence-corrected chi connectivity index (χ4v) is 1.84. The van der Waals surface area contributed by atoms with E-state index in [4.69, 9.17) is 0 Å². The van der Waals surface area contributed by atoms with Gasteiger partial charge in [-0.15, -0.1) is 5.10 Å². The van der Waals surface area contributed by atoms with E-state index in [1.165, 1.54) is 0 Å². The van der Waals surface area contributed by atoms with Crippen LogP contribution >= 0.6 is 15.9 Å². The molecule has 0 saturated heterocycles. The highest BCUT2D eigenvalue weighted by Gasteiger charge is 2.02. The molecule has 3 heterocycles. The third-order valence-corrected chi connectivity index (χ3v) is 2.65. The molecule has 0 bridgehead atoms. The SMILES string of the molecule is Brc1cccc(Nc2cc3ncccn3n2)n1. The summed E-state index contributed by atoms with van der Waals surface area (Å²) >= 11 is 3.32. The molecule has 3 rings (SSSR count). The second-order valence-corrected chi connectivity index (χ2v) is 4.24. The number of nitrogens with one attached hydrogen (secondary N) is 1. The first kappa shape index (κ1) is 10.2. The number of anilines is 2. The predicted octanol–water partition coefficient (Wildman–Crippen LogP) is 2.63. The maximum Gasteiger partial charge on any atom is 0.157 e. The predicted molar refractivity (Wildman–Crippen MR) is 68.2 cm³/mol. The van der Waals surface area contributed by atoms with Crippen molar-refractivity contribution in [3.05, 3.63) is 47.3 Å². The van der Waals surface area contributed by atoms with Gasteiger partial charge in [-0.25, -0.2) is 14.5 Å². The Bertz CT molecular complexity index is 631. The van der Waals surface area contributed by atoms with Gasteiger partial charge in [0.15, 0.2) is 11.5 Å². The molecule has 5 nitrogen and oxygen atoms in total. The van der Waals surface area contributed by atoms with Gasteiger partial charge in [-0.2, -0.15) is 0 Å². The third-order valence-electron chi connectivity index (χ3n) is 2.21. The van der Waals surface area contributed by atoms with Crippen LogP contribution in [0.3, 0.4) is 0 Å². The van der Waals surface area contributed by atoms with Crippen LogP contribution in [-0.2, 0) is 0 Å². The fraction of sp³-hybridized carbons (Fsp3) is 0. The molecule has 0 aliphatic rings. The van der Waals surface area contributed by atoms with Crippen molar-refractivity contribution in [2.45, 2.75) is 0 Å². The van der Waals surface area contributed by atoms with Gasteiger partial charge in [-0.1, -0.05) is 6.07 Å². The molecular weight excluding hydrogens is 282 g/mol. The third kappa shape index (κ3) is 2.12. The normalized spacial score (nSPS) is 10.6. The van der Waals surface area contributed by atoms with Gasteiger partial charge in [0.25, 0.3) is 0 Å².